The van der Waals surface area contributed by atoms with E-state index < -0.39 is 11.6 Å². The smallest absolute Gasteiger partial charge is 0.410 e. The van der Waals surface area contributed by atoms with Crippen LogP contribution in [0.2, 0.25) is 0 Å². The van der Waals surface area contributed by atoms with Crippen LogP contribution < -0.4 is 15.8 Å². The average molecular weight is 275 g/mol. The van der Waals surface area contributed by atoms with Crippen molar-refractivity contribution in [1.29, 1.82) is 5.41 Å². The number of rotatable bonds is 3. The number of ether oxygens (including phenoxy) is 1. The summed E-state index contributed by atoms with van der Waals surface area (Å²) in [4.78, 5) is 12.0. The fourth-order valence-corrected chi connectivity index (χ4v) is 2.53. The molecule has 108 valence electrons. The van der Waals surface area contributed by atoms with Gasteiger partial charge in [-0.1, -0.05) is 25.1 Å². The van der Waals surface area contributed by atoms with Gasteiger partial charge < -0.3 is 15.8 Å². The van der Waals surface area contributed by atoms with E-state index in [1.807, 2.05) is 6.07 Å². The zero-order valence-electron chi connectivity index (χ0n) is 11.7. The molecule has 0 unspecified atom stereocenters. The van der Waals surface area contributed by atoms with Crippen LogP contribution in [0.5, 0.6) is 5.75 Å². The Hall–Kier alpha value is -2.04. The van der Waals surface area contributed by atoms with Gasteiger partial charge in [0.15, 0.2) is 0 Å². The van der Waals surface area contributed by atoms with E-state index >= 15 is 0 Å². The first kappa shape index (κ1) is 14.4. The number of nitrogens with one attached hydrogen (secondary N) is 2. The molecule has 1 saturated carbocycles. The van der Waals surface area contributed by atoms with Gasteiger partial charge in [0, 0.05) is 0 Å². The summed E-state index contributed by atoms with van der Waals surface area (Å²) >= 11 is 0. The summed E-state index contributed by atoms with van der Waals surface area (Å²) in [5, 5.41) is 10.6. The molecule has 0 bridgehead atoms. The number of benzene rings is 1. The van der Waals surface area contributed by atoms with Crippen molar-refractivity contribution in [3.8, 4) is 5.75 Å². The molecule has 1 aliphatic rings. The van der Waals surface area contributed by atoms with Crippen LogP contribution in [0.15, 0.2) is 30.3 Å². The van der Waals surface area contributed by atoms with Gasteiger partial charge >= 0.3 is 6.09 Å². The van der Waals surface area contributed by atoms with Crippen LogP contribution in [0, 0.1) is 11.3 Å². The van der Waals surface area contributed by atoms with E-state index in [4.69, 9.17) is 15.9 Å². The molecule has 1 fully saturated rings. The van der Waals surface area contributed by atoms with E-state index in [2.05, 4.69) is 12.2 Å². The first-order valence-corrected chi connectivity index (χ1v) is 6.91. The Labute approximate surface area is 119 Å². The Bertz CT molecular complexity index is 479. The number of nitrogens with two attached hydrogens (primary N) is 1. The van der Waals surface area contributed by atoms with E-state index in [1.54, 1.807) is 24.3 Å². The summed E-state index contributed by atoms with van der Waals surface area (Å²) in [5.41, 5.74) is 4.95. The minimum Gasteiger partial charge on any atom is -0.410 e. The minimum atomic E-state index is -0.752. The van der Waals surface area contributed by atoms with Gasteiger partial charge in [0.05, 0.1) is 0 Å². The molecule has 1 amide bonds. The molecule has 4 N–H and O–H groups in total. The quantitative estimate of drug-likeness (QED) is 0.585. The summed E-state index contributed by atoms with van der Waals surface area (Å²) in [7, 11) is 0. The van der Waals surface area contributed by atoms with Crippen LogP contribution in [-0.2, 0) is 0 Å². The second-order valence-electron chi connectivity index (χ2n) is 5.51. The van der Waals surface area contributed by atoms with Gasteiger partial charge in [-0.15, -0.1) is 0 Å². The molecule has 0 saturated heterocycles. The molecule has 0 aliphatic heterocycles. The largest absolute Gasteiger partial charge is 0.413 e. The molecule has 5 nitrogen and oxygen atoms in total. The van der Waals surface area contributed by atoms with Gasteiger partial charge in [-0.3, -0.25) is 5.41 Å². The van der Waals surface area contributed by atoms with Gasteiger partial charge in [-0.05, 0) is 43.7 Å². The maximum Gasteiger partial charge on any atom is 0.413 e. The van der Waals surface area contributed by atoms with E-state index in [1.165, 1.54) is 0 Å². The lowest BCUT2D eigenvalue weighted by molar-refractivity contribution is 0.179. The Morgan fingerprint density at radius 3 is 2.50 bits per heavy atom. The van der Waals surface area contributed by atoms with Crippen molar-refractivity contribution in [3.05, 3.63) is 30.3 Å². The Kier molecular flexibility index (Phi) is 4.27. The lowest BCUT2D eigenvalue weighted by Gasteiger charge is -2.38. The number of carbonyl (C=O) groups excluding carboxylic acids is 1. The summed E-state index contributed by atoms with van der Waals surface area (Å²) in [5.74, 6) is 1.09. The highest BCUT2D eigenvalue weighted by Crippen LogP contribution is 2.32. The van der Waals surface area contributed by atoms with E-state index in [-0.39, 0.29) is 5.84 Å². The first-order chi connectivity index (χ1) is 9.52. The molecule has 1 aromatic carbocycles. The zero-order valence-corrected chi connectivity index (χ0v) is 11.7. The van der Waals surface area contributed by atoms with Crippen molar-refractivity contribution in [3.63, 3.8) is 0 Å². The summed E-state index contributed by atoms with van der Waals surface area (Å²) in [6.07, 6.45) is 2.72. The third-order valence-electron chi connectivity index (χ3n) is 3.94. The van der Waals surface area contributed by atoms with Gasteiger partial charge in [0.2, 0.25) is 0 Å². The number of para-hydroxylation sites is 1. The third-order valence-corrected chi connectivity index (χ3v) is 3.94. The maximum atomic E-state index is 12.0. The average Bonchev–Trinajstić information content (AvgIpc) is 2.42. The van der Waals surface area contributed by atoms with Crippen LogP contribution in [0.3, 0.4) is 0 Å². The molecule has 1 aromatic rings. The van der Waals surface area contributed by atoms with Gasteiger partial charge in [-0.25, -0.2) is 4.79 Å². The number of amidine groups is 1. The third kappa shape index (κ3) is 3.29. The van der Waals surface area contributed by atoms with E-state index in [0.717, 1.165) is 12.8 Å². The van der Waals surface area contributed by atoms with Crippen LogP contribution in [0.25, 0.3) is 0 Å². The predicted molar refractivity (Wildman–Crippen MR) is 77.9 cm³/mol. The zero-order chi connectivity index (χ0) is 14.6. The highest BCUT2D eigenvalue weighted by atomic mass is 16.6. The molecule has 0 atom stereocenters. The molecular formula is C15H21N3O2. The summed E-state index contributed by atoms with van der Waals surface area (Å²) in [6.45, 7) is 2.17. The lowest BCUT2D eigenvalue weighted by Crippen LogP contribution is -2.59. The highest BCUT2D eigenvalue weighted by Gasteiger charge is 2.39. The Morgan fingerprint density at radius 1 is 1.35 bits per heavy atom. The summed E-state index contributed by atoms with van der Waals surface area (Å²) in [6, 6.07) is 8.87. The molecule has 0 heterocycles. The fraction of sp³-hybridized carbons (Fsp3) is 0.467. The Morgan fingerprint density at radius 2 is 1.95 bits per heavy atom. The van der Waals surface area contributed by atoms with Crippen LogP contribution in [-0.4, -0.2) is 17.5 Å². The van der Waals surface area contributed by atoms with Crippen molar-refractivity contribution < 1.29 is 9.53 Å². The van der Waals surface area contributed by atoms with Gasteiger partial charge in [0.25, 0.3) is 0 Å². The molecular weight excluding hydrogens is 254 g/mol. The molecule has 0 spiro atoms. The van der Waals surface area contributed by atoms with E-state index in [0.29, 0.717) is 24.5 Å². The van der Waals surface area contributed by atoms with Gasteiger partial charge in [-0.2, -0.15) is 0 Å². The van der Waals surface area contributed by atoms with Crippen LogP contribution in [0.1, 0.15) is 32.6 Å². The van der Waals surface area contributed by atoms with Crippen LogP contribution in [0.4, 0.5) is 4.79 Å². The molecule has 5 heteroatoms. The highest BCUT2D eigenvalue weighted by molar-refractivity contribution is 5.91. The number of carbonyl (C=O) groups is 1. The molecule has 0 radical (unpaired) electrons. The minimum absolute atomic E-state index is 0.00871. The maximum absolute atomic E-state index is 12.0. The fourth-order valence-electron chi connectivity index (χ4n) is 2.53. The van der Waals surface area contributed by atoms with E-state index in [9.17, 15) is 4.79 Å². The summed E-state index contributed by atoms with van der Waals surface area (Å²) < 4.78 is 5.22. The molecule has 2 rings (SSSR count). The number of amides is 1. The Balaban J connectivity index is 2.02. The second-order valence-corrected chi connectivity index (χ2v) is 5.51. The second kappa shape index (κ2) is 5.94. The topological polar surface area (TPSA) is 88.2 Å². The predicted octanol–water partition coefficient (Wildman–Crippen LogP) is 2.66. The first-order valence-electron chi connectivity index (χ1n) is 6.91. The molecule has 20 heavy (non-hydrogen) atoms. The normalized spacial score (nSPS) is 25.8. The monoisotopic (exact) mass is 275 g/mol. The number of hydrogen-bond donors (Lipinski definition) is 3. The van der Waals surface area contributed by atoms with Crippen molar-refractivity contribution in [2.75, 3.05) is 0 Å². The molecule has 1 aliphatic carbocycles. The lowest BCUT2D eigenvalue weighted by atomic mass is 9.76. The van der Waals surface area contributed by atoms with Crippen molar-refractivity contribution in [1.82, 2.24) is 5.32 Å². The molecule has 0 aromatic heterocycles. The van der Waals surface area contributed by atoms with Crippen LogP contribution >= 0.6 is 0 Å². The van der Waals surface area contributed by atoms with Gasteiger partial charge in [0.1, 0.15) is 17.1 Å². The SMILES string of the molecule is CC1CCC(NC(=O)Oc2ccccc2)(C(=N)N)CC1. The van der Waals surface area contributed by atoms with Crippen molar-refractivity contribution in [2.45, 2.75) is 38.1 Å². The van der Waals surface area contributed by atoms with Crippen molar-refractivity contribution in [2.24, 2.45) is 11.7 Å². The number of hydrogen-bond acceptors (Lipinski definition) is 3. The van der Waals surface area contributed by atoms with Crippen molar-refractivity contribution >= 4 is 11.9 Å². The standard InChI is InChI=1S/C15H21N3O2/c1-11-7-9-15(10-8-11,13(16)17)18-14(19)20-12-5-3-2-4-6-12/h2-6,11H,7-10H2,1H3,(H3,16,17)(H,18,19).